The zero-order valence-electron chi connectivity index (χ0n) is 6.77. The molecule has 2 atom stereocenters. The molecule has 1 N–H and O–H groups in total. The van der Waals surface area contributed by atoms with Crippen molar-refractivity contribution in [2.24, 2.45) is 11.8 Å². The lowest BCUT2D eigenvalue weighted by Gasteiger charge is -1.99. The van der Waals surface area contributed by atoms with Gasteiger partial charge < -0.3 is 5.32 Å². The van der Waals surface area contributed by atoms with Gasteiger partial charge in [0.05, 0.1) is 0 Å². The fraction of sp³-hybridized carbons (Fsp3) is 1.00. The van der Waals surface area contributed by atoms with Gasteiger partial charge in [0.1, 0.15) is 0 Å². The van der Waals surface area contributed by atoms with E-state index in [1.54, 1.807) is 0 Å². The van der Waals surface area contributed by atoms with Gasteiger partial charge in [-0.05, 0) is 31.7 Å². The number of rotatable bonds is 1. The molecule has 2 aliphatic rings. The summed E-state index contributed by atoms with van der Waals surface area (Å²) >= 11 is 0. The predicted octanol–water partition coefficient (Wildman–Crippen LogP) is 1.78. The van der Waals surface area contributed by atoms with Gasteiger partial charge in [0, 0.05) is 6.04 Å². The van der Waals surface area contributed by atoms with Crippen molar-refractivity contribution in [3.05, 3.63) is 0 Å². The number of hydrogen-bond acceptors (Lipinski definition) is 1. The fourth-order valence-electron chi connectivity index (χ4n) is 2.60. The van der Waals surface area contributed by atoms with Crippen molar-refractivity contribution in [3.8, 4) is 0 Å². The van der Waals surface area contributed by atoms with Crippen LogP contribution in [0.5, 0.6) is 0 Å². The highest BCUT2D eigenvalue weighted by atomic mass is 15.0. The molecule has 58 valence electrons. The van der Waals surface area contributed by atoms with Gasteiger partial charge in [-0.25, -0.2) is 0 Å². The Labute approximate surface area is 63.2 Å². The third-order valence-electron chi connectivity index (χ3n) is 3.24. The second kappa shape index (κ2) is 2.54. The van der Waals surface area contributed by atoms with Gasteiger partial charge in [-0.3, -0.25) is 0 Å². The van der Waals surface area contributed by atoms with Crippen LogP contribution in [0.2, 0.25) is 0 Å². The van der Waals surface area contributed by atoms with E-state index in [0.717, 1.165) is 17.9 Å². The van der Waals surface area contributed by atoms with Crippen LogP contribution >= 0.6 is 0 Å². The first-order chi connectivity index (χ1) is 4.93. The Hall–Kier alpha value is -0.0400. The quantitative estimate of drug-likeness (QED) is 0.584. The molecule has 1 heteroatoms. The molecule has 0 aromatic heterocycles. The Morgan fingerprint density at radius 3 is 2.10 bits per heavy atom. The first kappa shape index (κ1) is 6.66. The van der Waals surface area contributed by atoms with E-state index >= 15 is 0 Å². The molecule has 0 amide bonds. The molecule has 0 bridgehead atoms. The van der Waals surface area contributed by atoms with Crippen LogP contribution in [0, 0.1) is 11.8 Å². The van der Waals surface area contributed by atoms with Crippen LogP contribution in [0.15, 0.2) is 0 Å². The van der Waals surface area contributed by atoms with Crippen molar-refractivity contribution < 1.29 is 0 Å². The first-order valence-corrected chi connectivity index (χ1v) is 4.61. The van der Waals surface area contributed by atoms with Crippen LogP contribution in [-0.2, 0) is 0 Å². The summed E-state index contributed by atoms with van der Waals surface area (Å²) in [4.78, 5) is 0. The summed E-state index contributed by atoms with van der Waals surface area (Å²) < 4.78 is 0. The Balaban J connectivity index is 1.89. The minimum Gasteiger partial charge on any atom is -0.316 e. The topological polar surface area (TPSA) is 12.0 Å². The molecule has 0 spiro atoms. The van der Waals surface area contributed by atoms with Crippen LogP contribution in [0.3, 0.4) is 0 Å². The summed E-state index contributed by atoms with van der Waals surface area (Å²) in [5.74, 6) is 2.12. The monoisotopic (exact) mass is 139 g/mol. The SMILES string of the molecule is CNC1C2CCCCCC21. The fourth-order valence-corrected chi connectivity index (χ4v) is 2.60. The summed E-state index contributed by atoms with van der Waals surface area (Å²) in [7, 11) is 2.11. The standard InChI is InChI=1S/C9H17N/c1-10-9-7-5-3-2-4-6-8(7)9/h7-10H,2-6H2,1H3. The lowest BCUT2D eigenvalue weighted by Crippen LogP contribution is -2.13. The van der Waals surface area contributed by atoms with Gasteiger partial charge in [0.25, 0.3) is 0 Å². The average molecular weight is 139 g/mol. The van der Waals surface area contributed by atoms with E-state index in [0.29, 0.717) is 0 Å². The highest BCUT2D eigenvalue weighted by molar-refractivity contribution is 5.02. The molecule has 2 unspecified atom stereocenters. The zero-order chi connectivity index (χ0) is 6.97. The third-order valence-corrected chi connectivity index (χ3v) is 3.24. The smallest absolute Gasteiger partial charge is 0.0127 e. The lowest BCUT2D eigenvalue weighted by molar-refractivity contribution is 0.582. The number of nitrogens with one attached hydrogen (secondary N) is 1. The minimum absolute atomic E-state index is 0.903. The van der Waals surface area contributed by atoms with Crippen molar-refractivity contribution in [2.45, 2.75) is 38.1 Å². The lowest BCUT2D eigenvalue weighted by atomic mass is 10.1. The molecule has 2 saturated carbocycles. The second-order valence-electron chi connectivity index (χ2n) is 3.78. The first-order valence-electron chi connectivity index (χ1n) is 4.61. The molecule has 0 aromatic rings. The summed E-state index contributed by atoms with van der Waals surface area (Å²) in [6, 6.07) is 0.903. The van der Waals surface area contributed by atoms with Crippen molar-refractivity contribution in [1.29, 1.82) is 0 Å². The van der Waals surface area contributed by atoms with Gasteiger partial charge >= 0.3 is 0 Å². The average Bonchev–Trinajstić information content (AvgIpc) is 2.59. The Morgan fingerprint density at radius 1 is 1.00 bits per heavy atom. The molecular weight excluding hydrogens is 122 g/mol. The largest absolute Gasteiger partial charge is 0.316 e. The highest BCUT2D eigenvalue weighted by Gasteiger charge is 2.48. The van der Waals surface area contributed by atoms with Crippen LogP contribution in [0.1, 0.15) is 32.1 Å². The van der Waals surface area contributed by atoms with E-state index in [1.807, 2.05) is 0 Å². The van der Waals surface area contributed by atoms with Gasteiger partial charge in [0.2, 0.25) is 0 Å². The van der Waals surface area contributed by atoms with Crippen molar-refractivity contribution in [3.63, 3.8) is 0 Å². The van der Waals surface area contributed by atoms with E-state index in [9.17, 15) is 0 Å². The summed E-state index contributed by atoms with van der Waals surface area (Å²) in [6.07, 6.45) is 7.45. The minimum atomic E-state index is 0.903. The molecule has 0 aromatic carbocycles. The van der Waals surface area contributed by atoms with Gasteiger partial charge in [0.15, 0.2) is 0 Å². The second-order valence-corrected chi connectivity index (χ2v) is 3.78. The zero-order valence-corrected chi connectivity index (χ0v) is 6.77. The van der Waals surface area contributed by atoms with Gasteiger partial charge in [-0.1, -0.05) is 19.3 Å². The van der Waals surface area contributed by atoms with Crippen molar-refractivity contribution >= 4 is 0 Å². The molecular formula is C9H17N. The van der Waals surface area contributed by atoms with Gasteiger partial charge in [-0.2, -0.15) is 0 Å². The predicted molar refractivity (Wildman–Crippen MR) is 42.9 cm³/mol. The molecule has 1 nitrogen and oxygen atoms in total. The van der Waals surface area contributed by atoms with Gasteiger partial charge in [-0.15, -0.1) is 0 Å². The van der Waals surface area contributed by atoms with Crippen LogP contribution in [0.25, 0.3) is 0 Å². The molecule has 0 radical (unpaired) electrons. The maximum absolute atomic E-state index is 3.41. The molecule has 2 fully saturated rings. The summed E-state index contributed by atoms with van der Waals surface area (Å²) in [5, 5.41) is 3.41. The number of hydrogen-bond donors (Lipinski definition) is 1. The van der Waals surface area contributed by atoms with Crippen LogP contribution < -0.4 is 5.32 Å². The Morgan fingerprint density at radius 2 is 1.60 bits per heavy atom. The third kappa shape index (κ3) is 0.968. The molecule has 2 rings (SSSR count). The molecule has 0 heterocycles. The molecule has 2 aliphatic carbocycles. The van der Waals surface area contributed by atoms with E-state index in [4.69, 9.17) is 0 Å². The van der Waals surface area contributed by atoms with E-state index in [1.165, 1.54) is 32.1 Å². The molecule has 0 saturated heterocycles. The van der Waals surface area contributed by atoms with E-state index in [2.05, 4.69) is 12.4 Å². The molecule has 10 heavy (non-hydrogen) atoms. The normalized spacial score (nSPS) is 45.9. The Bertz CT molecular complexity index is 110. The maximum atomic E-state index is 3.41. The van der Waals surface area contributed by atoms with Crippen LogP contribution in [0.4, 0.5) is 0 Å². The molecule has 0 aliphatic heterocycles. The summed E-state index contributed by atoms with van der Waals surface area (Å²) in [6.45, 7) is 0. The van der Waals surface area contributed by atoms with E-state index < -0.39 is 0 Å². The van der Waals surface area contributed by atoms with Crippen molar-refractivity contribution in [1.82, 2.24) is 5.32 Å². The number of fused-ring (bicyclic) bond motifs is 1. The Kier molecular flexibility index (Phi) is 1.69. The van der Waals surface area contributed by atoms with E-state index in [-0.39, 0.29) is 0 Å². The highest BCUT2D eigenvalue weighted by Crippen LogP contribution is 2.47. The summed E-state index contributed by atoms with van der Waals surface area (Å²) in [5.41, 5.74) is 0. The van der Waals surface area contributed by atoms with Crippen LogP contribution in [-0.4, -0.2) is 13.1 Å². The maximum Gasteiger partial charge on any atom is 0.0127 e. The van der Waals surface area contributed by atoms with Crippen molar-refractivity contribution in [2.75, 3.05) is 7.05 Å².